The van der Waals surface area contributed by atoms with Crippen LogP contribution >= 0.6 is 0 Å². The summed E-state index contributed by atoms with van der Waals surface area (Å²) in [7, 11) is 0. The Balaban J connectivity index is 1.37. The fourth-order valence-electron chi connectivity index (χ4n) is 5.35. The summed E-state index contributed by atoms with van der Waals surface area (Å²) >= 11 is 0. The van der Waals surface area contributed by atoms with Gasteiger partial charge in [0.05, 0.1) is 11.4 Å². The number of imidazole rings is 1. The van der Waals surface area contributed by atoms with Gasteiger partial charge in [0.25, 0.3) is 0 Å². The van der Waals surface area contributed by atoms with Gasteiger partial charge in [-0.2, -0.15) is 4.98 Å². The number of aromatic hydroxyl groups is 1. The molecule has 2 heterocycles. The van der Waals surface area contributed by atoms with Gasteiger partial charge < -0.3 is 14.6 Å². The molecule has 6 aromatic rings. The van der Waals surface area contributed by atoms with E-state index in [1.807, 2.05) is 94.5 Å². The maximum Gasteiger partial charge on any atom is 0.307 e. The van der Waals surface area contributed by atoms with Crippen molar-refractivity contribution in [3.8, 4) is 34.8 Å². The highest BCUT2D eigenvalue weighted by molar-refractivity contribution is 5.75. The van der Waals surface area contributed by atoms with Crippen LogP contribution in [0.3, 0.4) is 0 Å². The minimum atomic E-state index is 0.0734. The highest BCUT2D eigenvalue weighted by atomic mass is 16.5. The van der Waals surface area contributed by atoms with Crippen LogP contribution < -0.4 is 14.4 Å². The topological polar surface area (TPSA) is 72.6 Å². The highest BCUT2D eigenvalue weighted by Crippen LogP contribution is 2.39. The van der Waals surface area contributed by atoms with Gasteiger partial charge in [-0.15, -0.1) is 0 Å². The molecule has 4 aromatic carbocycles. The second-order valence-corrected chi connectivity index (χ2v) is 11.3. The number of rotatable bonds is 10. The van der Waals surface area contributed by atoms with E-state index in [0.29, 0.717) is 41.0 Å². The highest BCUT2D eigenvalue weighted by Gasteiger charge is 2.20. The minimum absolute atomic E-state index is 0.0734. The molecular formula is C38H36N4O3. The summed E-state index contributed by atoms with van der Waals surface area (Å²) in [5.74, 6) is 2.74. The number of para-hydroxylation sites is 4. The van der Waals surface area contributed by atoms with Crippen molar-refractivity contribution in [2.75, 3.05) is 4.90 Å². The van der Waals surface area contributed by atoms with Crippen LogP contribution in [0.1, 0.15) is 50.7 Å². The first-order valence-corrected chi connectivity index (χ1v) is 15.1. The van der Waals surface area contributed by atoms with Crippen LogP contribution in [0.25, 0.3) is 5.69 Å². The van der Waals surface area contributed by atoms with Crippen LogP contribution in [-0.2, 0) is 0 Å². The number of hydrogen-bond donors (Lipinski definition) is 1. The molecule has 0 bridgehead atoms. The minimum Gasteiger partial charge on any atom is -0.504 e. The van der Waals surface area contributed by atoms with Gasteiger partial charge in [-0.25, -0.2) is 4.98 Å². The zero-order valence-corrected chi connectivity index (χ0v) is 25.8. The molecule has 7 heteroatoms. The molecule has 0 aliphatic heterocycles. The number of nitrogens with zero attached hydrogens (tertiary/aromatic N) is 4. The summed E-state index contributed by atoms with van der Waals surface area (Å²) in [4.78, 5) is 11.6. The van der Waals surface area contributed by atoms with Crippen LogP contribution in [0, 0.1) is 0 Å². The number of pyridine rings is 1. The summed E-state index contributed by atoms with van der Waals surface area (Å²) in [5.41, 5.74) is 5.29. The van der Waals surface area contributed by atoms with Crippen LogP contribution in [-0.4, -0.2) is 19.6 Å². The fraction of sp³-hybridized carbons (Fsp3) is 0.158. The molecule has 45 heavy (non-hydrogen) atoms. The smallest absolute Gasteiger partial charge is 0.307 e. The standard InChI is InChI=1S/C38H36N4O3/c1-26(2)31-17-11-18-32(27(3)4)37(31)41-24-23-39-38(41)45-36-22-12-21-35(40-36)42(28-13-6-5-7-14-28)29-15-10-16-30(25-29)44-34-20-9-8-19-33(34)43/h5-27,43H,1-4H3. The molecular weight excluding hydrogens is 560 g/mol. The second kappa shape index (κ2) is 13.0. The molecule has 0 fully saturated rings. The first-order chi connectivity index (χ1) is 21.9. The van der Waals surface area contributed by atoms with E-state index in [4.69, 9.17) is 14.5 Å². The number of hydrogen-bond acceptors (Lipinski definition) is 6. The van der Waals surface area contributed by atoms with Gasteiger partial charge >= 0.3 is 6.01 Å². The number of anilines is 3. The number of phenolic OH excluding ortho intramolecular Hbond substituents is 1. The molecule has 0 atom stereocenters. The Morgan fingerprint density at radius 2 is 1.36 bits per heavy atom. The summed E-state index contributed by atoms with van der Waals surface area (Å²) in [6.45, 7) is 8.80. The third kappa shape index (κ3) is 6.38. The van der Waals surface area contributed by atoms with Gasteiger partial charge in [-0.1, -0.05) is 88.4 Å². The molecule has 0 aliphatic carbocycles. The van der Waals surface area contributed by atoms with Crippen molar-refractivity contribution in [1.29, 1.82) is 0 Å². The van der Waals surface area contributed by atoms with Gasteiger partial charge in [-0.05, 0) is 65.4 Å². The van der Waals surface area contributed by atoms with Crippen molar-refractivity contribution in [1.82, 2.24) is 14.5 Å². The number of benzene rings is 4. The molecule has 0 amide bonds. The van der Waals surface area contributed by atoms with E-state index in [1.165, 1.54) is 11.1 Å². The normalized spacial score (nSPS) is 11.2. The van der Waals surface area contributed by atoms with E-state index in [2.05, 4.69) is 50.9 Å². The van der Waals surface area contributed by atoms with E-state index in [0.717, 1.165) is 17.1 Å². The van der Waals surface area contributed by atoms with Crippen LogP contribution in [0.4, 0.5) is 17.2 Å². The van der Waals surface area contributed by atoms with Crippen LogP contribution in [0.15, 0.2) is 128 Å². The summed E-state index contributed by atoms with van der Waals surface area (Å²) < 4.78 is 14.5. The average Bonchev–Trinajstić information content (AvgIpc) is 3.50. The molecule has 2 aromatic heterocycles. The van der Waals surface area contributed by atoms with Gasteiger partial charge in [0.15, 0.2) is 11.5 Å². The lowest BCUT2D eigenvalue weighted by molar-refractivity contribution is 0.411. The van der Waals surface area contributed by atoms with Gasteiger partial charge in [0, 0.05) is 30.2 Å². The SMILES string of the molecule is CC(C)c1cccc(C(C)C)c1-n1ccnc1Oc1cccc(N(c2ccccc2)c2cccc(Oc3ccccc3O)c2)n1. The van der Waals surface area contributed by atoms with Crippen molar-refractivity contribution in [3.63, 3.8) is 0 Å². The monoisotopic (exact) mass is 596 g/mol. The van der Waals surface area contributed by atoms with Crippen LogP contribution in [0.2, 0.25) is 0 Å². The number of ether oxygens (including phenoxy) is 2. The lowest BCUT2D eigenvalue weighted by atomic mass is 9.92. The second-order valence-electron chi connectivity index (χ2n) is 11.3. The quantitative estimate of drug-likeness (QED) is 0.170. The van der Waals surface area contributed by atoms with Crippen molar-refractivity contribution in [2.24, 2.45) is 0 Å². The Bertz CT molecular complexity index is 1870. The lowest BCUT2D eigenvalue weighted by Crippen LogP contribution is -2.12. The predicted molar refractivity (Wildman–Crippen MR) is 179 cm³/mol. The number of aromatic nitrogens is 3. The summed E-state index contributed by atoms with van der Waals surface area (Å²) in [6, 6.07) is 37.2. The molecule has 1 N–H and O–H groups in total. The summed E-state index contributed by atoms with van der Waals surface area (Å²) in [6.07, 6.45) is 3.70. The first kappa shape index (κ1) is 29.5. The Kier molecular flexibility index (Phi) is 8.51. The van der Waals surface area contributed by atoms with E-state index >= 15 is 0 Å². The molecule has 0 spiro atoms. The molecule has 0 saturated carbocycles. The third-order valence-electron chi connectivity index (χ3n) is 7.51. The molecule has 7 nitrogen and oxygen atoms in total. The maximum atomic E-state index is 10.3. The maximum absolute atomic E-state index is 10.3. The molecule has 0 aliphatic rings. The van der Waals surface area contributed by atoms with Crippen molar-refractivity contribution in [2.45, 2.75) is 39.5 Å². The molecule has 6 rings (SSSR count). The van der Waals surface area contributed by atoms with Crippen molar-refractivity contribution < 1.29 is 14.6 Å². The zero-order chi connectivity index (χ0) is 31.3. The Hall–Kier alpha value is -5.56. The van der Waals surface area contributed by atoms with Gasteiger partial charge in [-0.3, -0.25) is 9.47 Å². The van der Waals surface area contributed by atoms with Crippen molar-refractivity contribution >= 4 is 17.2 Å². The Labute approximate surface area is 264 Å². The predicted octanol–water partition coefficient (Wildman–Crippen LogP) is 10.3. The fourth-order valence-corrected chi connectivity index (χ4v) is 5.35. The largest absolute Gasteiger partial charge is 0.504 e. The molecule has 0 radical (unpaired) electrons. The number of phenols is 1. The molecule has 0 unspecified atom stereocenters. The van der Waals surface area contributed by atoms with Crippen molar-refractivity contribution in [3.05, 3.63) is 139 Å². The van der Waals surface area contributed by atoms with Crippen LogP contribution in [0.5, 0.6) is 29.1 Å². The third-order valence-corrected chi connectivity index (χ3v) is 7.51. The average molecular weight is 597 g/mol. The van der Waals surface area contributed by atoms with Gasteiger partial charge in [0.2, 0.25) is 5.88 Å². The van der Waals surface area contributed by atoms with Gasteiger partial charge in [0.1, 0.15) is 11.6 Å². The Morgan fingerprint density at radius 3 is 2.09 bits per heavy atom. The molecule has 0 saturated heterocycles. The zero-order valence-electron chi connectivity index (χ0n) is 25.8. The van der Waals surface area contributed by atoms with E-state index in [1.54, 1.807) is 24.4 Å². The molecule has 226 valence electrons. The lowest BCUT2D eigenvalue weighted by Gasteiger charge is -2.25. The van der Waals surface area contributed by atoms with E-state index in [-0.39, 0.29) is 5.75 Å². The van der Waals surface area contributed by atoms with E-state index < -0.39 is 0 Å². The Morgan fingerprint density at radius 1 is 0.689 bits per heavy atom. The van der Waals surface area contributed by atoms with E-state index in [9.17, 15) is 5.11 Å². The summed E-state index contributed by atoms with van der Waals surface area (Å²) in [5, 5.41) is 10.3. The first-order valence-electron chi connectivity index (χ1n) is 15.1.